The van der Waals surface area contributed by atoms with E-state index in [-0.39, 0.29) is 12.4 Å². The lowest BCUT2D eigenvalue weighted by Crippen LogP contribution is -2.12. The van der Waals surface area contributed by atoms with Gasteiger partial charge in [-0.25, -0.2) is 0 Å². The molecular weight excluding hydrogens is 244 g/mol. The van der Waals surface area contributed by atoms with Crippen LogP contribution in [0.5, 0.6) is 0 Å². The van der Waals surface area contributed by atoms with E-state index in [0.29, 0.717) is 25.5 Å². The molecule has 1 aromatic carbocycles. The molecule has 0 saturated heterocycles. The summed E-state index contributed by atoms with van der Waals surface area (Å²) in [6.45, 7) is 4.56. The first-order valence-electron chi connectivity index (χ1n) is 6.42. The number of nitrogens with zero attached hydrogens (tertiary/aromatic N) is 1. The van der Waals surface area contributed by atoms with Gasteiger partial charge in [-0.1, -0.05) is 18.2 Å². The minimum Gasteiger partial charge on any atom is -0.480 e. The molecule has 0 aromatic heterocycles. The predicted octanol–water partition coefficient (Wildman–Crippen LogP) is 2.79. The quantitative estimate of drug-likeness (QED) is 0.356. The highest BCUT2D eigenvalue weighted by Gasteiger charge is 2.06. The van der Waals surface area contributed by atoms with E-state index in [1.165, 1.54) is 0 Å². The molecule has 0 aliphatic carbocycles. The molecule has 0 radical (unpaired) electrons. The zero-order valence-electron chi connectivity index (χ0n) is 11.4. The standard InChI is InChI=1S/C14H20N2O3/c1-3-18-13(10-11-14(17)19-4-2)16-15-12-8-6-5-7-9-12/h5-9,15H,3-4,10-11H2,1-2H3. The van der Waals surface area contributed by atoms with E-state index in [9.17, 15) is 4.79 Å². The van der Waals surface area contributed by atoms with Crippen molar-refractivity contribution in [3.8, 4) is 0 Å². The van der Waals surface area contributed by atoms with E-state index in [0.717, 1.165) is 5.69 Å². The fourth-order valence-electron chi connectivity index (χ4n) is 1.41. The highest BCUT2D eigenvalue weighted by molar-refractivity contribution is 5.81. The van der Waals surface area contributed by atoms with Gasteiger partial charge in [-0.2, -0.15) is 0 Å². The number of ether oxygens (including phenoxy) is 2. The van der Waals surface area contributed by atoms with E-state index < -0.39 is 0 Å². The van der Waals surface area contributed by atoms with E-state index in [1.807, 2.05) is 37.3 Å². The Morgan fingerprint density at radius 1 is 1.11 bits per heavy atom. The average Bonchev–Trinajstić information content (AvgIpc) is 2.43. The molecule has 1 rings (SSSR count). The fraction of sp³-hybridized carbons (Fsp3) is 0.429. The van der Waals surface area contributed by atoms with Gasteiger partial charge in [0, 0.05) is 6.42 Å². The van der Waals surface area contributed by atoms with Gasteiger partial charge in [0.1, 0.15) is 0 Å². The number of carbonyl (C=O) groups is 1. The Labute approximate surface area is 113 Å². The van der Waals surface area contributed by atoms with Gasteiger partial charge in [-0.3, -0.25) is 10.2 Å². The summed E-state index contributed by atoms with van der Waals surface area (Å²) in [4.78, 5) is 11.3. The lowest BCUT2D eigenvalue weighted by molar-refractivity contribution is -0.142. The summed E-state index contributed by atoms with van der Waals surface area (Å²) in [7, 11) is 0. The second kappa shape index (κ2) is 8.97. The van der Waals surface area contributed by atoms with Crippen molar-refractivity contribution in [2.75, 3.05) is 18.6 Å². The molecule has 5 nitrogen and oxygen atoms in total. The maximum atomic E-state index is 11.3. The summed E-state index contributed by atoms with van der Waals surface area (Å²) < 4.78 is 10.2. The van der Waals surface area contributed by atoms with E-state index >= 15 is 0 Å². The van der Waals surface area contributed by atoms with Crippen molar-refractivity contribution in [1.29, 1.82) is 0 Å². The van der Waals surface area contributed by atoms with Gasteiger partial charge >= 0.3 is 5.97 Å². The monoisotopic (exact) mass is 264 g/mol. The Morgan fingerprint density at radius 3 is 2.42 bits per heavy atom. The summed E-state index contributed by atoms with van der Waals surface area (Å²) >= 11 is 0. The van der Waals surface area contributed by atoms with Crippen LogP contribution in [-0.4, -0.2) is 25.1 Å². The Kier molecular flexibility index (Phi) is 7.09. The molecule has 0 aliphatic rings. The summed E-state index contributed by atoms with van der Waals surface area (Å²) in [6.07, 6.45) is 0.690. The van der Waals surface area contributed by atoms with E-state index in [4.69, 9.17) is 9.47 Å². The summed E-state index contributed by atoms with van der Waals surface area (Å²) in [6, 6.07) is 9.56. The average molecular weight is 264 g/mol. The molecule has 0 saturated carbocycles. The Hall–Kier alpha value is -2.04. The van der Waals surface area contributed by atoms with Crippen LogP contribution in [0.25, 0.3) is 0 Å². The molecule has 0 fully saturated rings. The second-order valence-corrected chi connectivity index (χ2v) is 3.72. The highest BCUT2D eigenvalue weighted by Crippen LogP contribution is 2.06. The van der Waals surface area contributed by atoms with Gasteiger partial charge in [-0.05, 0) is 26.0 Å². The minimum absolute atomic E-state index is 0.241. The normalized spacial score (nSPS) is 10.9. The van der Waals surface area contributed by atoms with Gasteiger partial charge < -0.3 is 9.47 Å². The zero-order valence-corrected chi connectivity index (χ0v) is 11.4. The third-order valence-corrected chi connectivity index (χ3v) is 2.24. The van der Waals surface area contributed by atoms with Gasteiger partial charge in [0.05, 0.1) is 25.3 Å². The molecule has 1 N–H and O–H groups in total. The molecule has 0 heterocycles. The Morgan fingerprint density at radius 2 is 1.79 bits per heavy atom. The second-order valence-electron chi connectivity index (χ2n) is 3.72. The van der Waals surface area contributed by atoms with Crippen LogP contribution >= 0.6 is 0 Å². The SMILES string of the molecule is CCOC(=O)CCC(=NNc1ccccc1)OCC. The number of para-hydroxylation sites is 1. The largest absolute Gasteiger partial charge is 0.480 e. The first kappa shape index (κ1) is 15.0. The molecule has 5 heteroatoms. The van der Waals surface area contributed by atoms with Crippen molar-refractivity contribution in [3.05, 3.63) is 30.3 Å². The van der Waals surface area contributed by atoms with Crippen LogP contribution in [0.2, 0.25) is 0 Å². The maximum Gasteiger partial charge on any atom is 0.306 e. The Balaban J connectivity index is 2.49. The van der Waals surface area contributed by atoms with Crippen LogP contribution in [0.15, 0.2) is 35.4 Å². The number of hydrogen-bond acceptors (Lipinski definition) is 5. The minimum atomic E-state index is -0.241. The molecule has 0 spiro atoms. The number of hydrazone groups is 1. The number of carbonyl (C=O) groups excluding carboxylic acids is 1. The van der Waals surface area contributed by atoms with Crippen molar-refractivity contribution >= 4 is 17.6 Å². The molecule has 0 amide bonds. The van der Waals surface area contributed by atoms with Crippen LogP contribution in [0.3, 0.4) is 0 Å². The molecule has 0 unspecified atom stereocenters. The number of esters is 1. The lowest BCUT2D eigenvalue weighted by Gasteiger charge is -2.08. The van der Waals surface area contributed by atoms with Crippen molar-refractivity contribution in [1.82, 2.24) is 0 Å². The van der Waals surface area contributed by atoms with Gasteiger partial charge in [-0.15, -0.1) is 5.10 Å². The van der Waals surface area contributed by atoms with Crippen LogP contribution in [0.4, 0.5) is 5.69 Å². The fourth-order valence-corrected chi connectivity index (χ4v) is 1.41. The predicted molar refractivity (Wildman–Crippen MR) is 75.0 cm³/mol. The number of rotatable bonds is 7. The van der Waals surface area contributed by atoms with Gasteiger partial charge in [0.15, 0.2) is 0 Å². The number of benzene rings is 1. The topological polar surface area (TPSA) is 59.9 Å². The summed E-state index contributed by atoms with van der Waals surface area (Å²) in [5.74, 6) is 0.258. The van der Waals surface area contributed by atoms with Crippen LogP contribution in [0, 0.1) is 0 Å². The van der Waals surface area contributed by atoms with Crippen molar-refractivity contribution in [3.63, 3.8) is 0 Å². The summed E-state index contributed by atoms with van der Waals surface area (Å²) in [5.41, 5.74) is 3.77. The van der Waals surface area contributed by atoms with Gasteiger partial charge in [0.25, 0.3) is 0 Å². The first-order chi connectivity index (χ1) is 9.26. The molecule has 104 valence electrons. The molecule has 1 aromatic rings. The van der Waals surface area contributed by atoms with Crippen molar-refractivity contribution in [2.24, 2.45) is 5.10 Å². The Bertz CT molecular complexity index is 404. The molecule has 0 atom stereocenters. The van der Waals surface area contributed by atoms with Crippen molar-refractivity contribution in [2.45, 2.75) is 26.7 Å². The van der Waals surface area contributed by atoms with E-state index in [1.54, 1.807) is 6.92 Å². The molecule has 0 aliphatic heterocycles. The van der Waals surface area contributed by atoms with Crippen LogP contribution in [-0.2, 0) is 14.3 Å². The number of anilines is 1. The first-order valence-corrected chi connectivity index (χ1v) is 6.42. The number of hydrogen-bond donors (Lipinski definition) is 1. The van der Waals surface area contributed by atoms with Crippen molar-refractivity contribution < 1.29 is 14.3 Å². The zero-order chi connectivity index (χ0) is 13.9. The third kappa shape index (κ3) is 6.45. The van der Waals surface area contributed by atoms with E-state index in [2.05, 4.69) is 10.5 Å². The molecular formula is C14H20N2O3. The maximum absolute atomic E-state index is 11.3. The smallest absolute Gasteiger partial charge is 0.306 e. The third-order valence-electron chi connectivity index (χ3n) is 2.24. The van der Waals surface area contributed by atoms with Gasteiger partial charge in [0.2, 0.25) is 5.90 Å². The molecule has 19 heavy (non-hydrogen) atoms. The summed E-state index contributed by atoms with van der Waals surface area (Å²) in [5, 5.41) is 4.15. The van der Waals surface area contributed by atoms with Crippen LogP contribution < -0.4 is 5.43 Å². The lowest BCUT2D eigenvalue weighted by atomic mass is 10.3. The molecule has 0 bridgehead atoms. The number of nitrogens with one attached hydrogen (secondary N) is 1. The van der Waals surface area contributed by atoms with Crippen LogP contribution in [0.1, 0.15) is 26.7 Å². The highest BCUT2D eigenvalue weighted by atomic mass is 16.5.